The van der Waals surface area contributed by atoms with Crippen molar-refractivity contribution in [1.82, 2.24) is 0 Å². The smallest absolute Gasteiger partial charge is 0.0230 e. The van der Waals surface area contributed by atoms with E-state index in [1.54, 1.807) is 0 Å². The normalized spacial score (nSPS) is 13.7. The van der Waals surface area contributed by atoms with E-state index in [1.165, 1.54) is 11.1 Å². The summed E-state index contributed by atoms with van der Waals surface area (Å²) >= 11 is 0. The highest BCUT2D eigenvalue weighted by molar-refractivity contribution is 5.36. The lowest BCUT2D eigenvalue weighted by Gasteiger charge is -2.06. The molecule has 0 nitrogen and oxygen atoms in total. The zero-order chi connectivity index (χ0) is 17.3. The third kappa shape index (κ3) is 10.7. The molecular formula is C23H32. The Kier molecular flexibility index (Phi) is 7.49. The van der Waals surface area contributed by atoms with Crippen LogP contribution in [0.1, 0.15) is 80.1 Å². The van der Waals surface area contributed by atoms with Crippen LogP contribution in [0.3, 0.4) is 0 Å². The van der Waals surface area contributed by atoms with Gasteiger partial charge in [0.25, 0.3) is 0 Å². The molecule has 0 N–H and O–H groups in total. The lowest BCUT2D eigenvalue weighted by molar-refractivity contribution is 0.569. The van der Waals surface area contributed by atoms with Crippen LogP contribution in [0.2, 0.25) is 0 Å². The van der Waals surface area contributed by atoms with Gasteiger partial charge in [0.05, 0.1) is 0 Å². The summed E-state index contributed by atoms with van der Waals surface area (Å²) in [6.45, 7) is 12.9. The van der Waals surface area contributed by atoms with Crippen LogP contribution in [0.5, 0.6) is 0 Å². The van der Waals surface area contributed by atoms with Gasteiger partial charge in [-0.2, -0.15) is 0 Å². The molecule has 0 saturated heterocycles. The van der Waals surface area contributed by atoms with Crippen LogP contribution in [-0.2, 0) is 0 Å². The third-order valence-corrected chi connectivity index (χ3v) is 3.23. The second kappa shape index (κ2) is 8.87. The molecule has 0 heteroatoms. The fraction of sp³-hybridized carbons (Fsp3) is 0.609. The average Bonchev–Trinajstić information content (AvgIpc) is 2.83. The van der Waals surface area contributed by atoms with Crippen LogP contribution >= 0.6 is 0 Å². The summed E-state index contributed by atoms with van der Waals surface area (Å²) < 4.78 is 0. The lowest BCUT2D eigenvalue weighted by atomic mass is 9.97. The summed E-state index contributed by atoms with van der Waals surface area (Å²) in [5.41, 5.74) is 6.44. The van der Waals surface area contributed by atoms with E-state index in [-0.39, 0.29) is 10.8 Å². The van der Waals surface area contributed by atoms with Crippen LogP contribution < -0.4 is 0 Å². The van der Waals surface area contributed by atoms with Gasteiger partial charge in [0.1, 0.15) is 0 Å². The van der Waals surface area contributed by atoms with Crippen molar-refractivity contribution in [2.24, 2.45) is 10.8 Å². The first-order chi connectivity index (χ1) is 10.7. The van der Waals surface area contributed by atoms with E-state index in [0.717, 1.165) is 38.5 Å². The Morgan fingerprint density at radius 1 is 0.739 bits per heavy atom. The molecule has 0 aliphatic heterocycles. The summed E-state index contributed by atoms with van der Waals surface area (Å²) in [4.78, 5) is 0. The van der Waals surface area contributed by atoms with Crippen LogP contribution in [0.4, 0.5) is 0 Å². The maximum Gasteiger partial charge on any atom is 0.0230 e. The highest BCUT2D eigenvalue weighted by Gasteiger charge is 2.04. The molecule has 0 heterocycles. The molecule has 1 aliphatic carbocycles. The first-order valence-electron chi connectivity index (χ1n) is 8.82. The van der Waals surface area contributed by atoms with Crippen molar-refractivity contribution < 1.29 is 0 Å². The Bertz CT molecular complexity index is 545. The molecule has 0 bridgehead atoms. The Morgan fingerprint density at radius 3 is 1.48 bits per heavy atom. The van der Waals surface area contributed by atoms with Gasteiger partial charge in [0.15, 0.2) is 0 Å². The first-order valence-corrected chi connectivity index (χ1v) is 8.82. The van der Waals surface area contributed by atoms with Gasteiger partial charge in [-0.05, 0) is 78.4 Å². The quantitative estimate of drug-likeness (QED) is 0.300. The van der Waals surface area contributed by atoms with Crippen molar-refractivity contribution in [2.75, 3.05) is 0 Å². The van der Waals surface area contributed by atoms with Gasteiger partial charge in [0, 0.05) is 23.7 Å². The summed E-state index contributed by atoms with van der Waals surface area (Å²) in [5.74, 6) is 13.1. The van der Waals surface area contributed by atoms with E-state index < -0.39 is 0 Å². The van der Waals surface area contributed by atoms with E-state index in [9.17, 15) is 0 Å². The Labute approximate surface area is 144 Å². The van der Waals surface area contributed by atoms with E-state index >= 15 is 0 Å². The molecule has 0 unspecified atom stereocenters. The summed E-state index contributed by atoms with van der Waals surface area (Å²) in [6, 6.07) is 0. The molecule has 0 spiro atoms. The van der Waals surface area contributed by atoms with Crippen molar-refractivity contribution in [2.45, 2.75) is 80.1 Å². The molecule has 0 radical (unpaired) electrons. The number of rotatable bonds is 6. The topological polar surface area (TPSA) is 0 Å². The second-order valence-corrected chi connectivity index (χ2v) is 8.32. The molecule has 1 rings (SSSR count). The monoisotopic (exact) mass is 308 g/mol. The molecule has 0 amide bonds. The number of allylic oxidation sites excluding steroid dienone is 3. The highest BCUT2D eigenvalue weighted by Crippen LogP contribution is 2.19. The second-order valence-electron chi connectivity index (χ2n) is 8.32. The molecular weight excluding hydrogens is 276 g/mol. The third-order valence-electron chi connectivity index (χ3n) is 3.23. The van der Waals surface area contributed by atoms with Crippen molar-refractivity contribution in [3.05, 3.63) is 29.0 Å². The van der Waals surface area contributed by atoms with Gasteiger partial charge < -0.3 is 0 Å². The molecule has 0 atom stereocenters. The van der Waals surface area contributed by atoms with Crippen molar-refractivity contribution in [3.63, 3.8) is 0 Å². The number of hydrogen-bond donors (Lipinski definition) is 0. The predicted octanol–water partition coefficient (Wildman–Crippen LogP) is 6.45. The molecule has 0 aromatic rings. The van der Waals surface area contributed by atoms with Crippen molar-refractivity contribution >= 4 is 0 Å². The molecule has 124 valence electrons. The summed E-state index contributed by atoms with van der Waals surface area (Å²) in [5, 5.41) is 0. The number of hydrogen-bond acceptors (Lipinski definition) is 0. The zero-order valence-electron chi connectivity index (χ0n) is 15.9. The van der Waals surface area contributed by atoms with Gasteiger partial charge in [-0.1, -0.05) is 24.0 Å². The van der Waals surface area contributed by atoms with Crippen LogP contribution in [0, 0.1) is 34.5 Å². The minimum Gasteiger partial charge on any atom is -0.114 e. The molecule has 0 fully saturated rings. The van der Waals surface area contributed by atoms with E-state index in [4.69, 9.17) is 0 Å². The van der Waals surface area contributed by atoms with Gasteiger partial charge >= 0.3 is 0 Å². The molecule has 1 aliphatic rings. The Morgan fingerprint density at radius 2 is 1.13 bits per heavy atom. The van der Waals surface area contributed by atoms with Gasteiger partial charge in [-0.25, -0.2) is 0 Å². The van der Waals surface area contributed by atoms with Crippen molar-refractivity contribution in [3.8, 4) is 23.7 Å². The largest absolute Gasteiger partial charge is 0.114 e. The summed E-state index contributed by atoms with van der Waals surface area (Å²) in [6.07, 6.45) is 10.8. The Hall–Kier alpha value is -1.62. The predicted molar refractivity (Wildman–Crippen MR) is 102 cm³/mol. The maximum atomic E-state index is 3.53. The minimum atomic E-state index is 0.121. The molecule has 0 saturated carbocycles. The van der Waals surface area contributed by atoms with Crippen LogP contribution in [-0.4, -0.2) is 0 Å². The lowest BCUT2D eigenvalue weighted by Crippen LogP contribution is -1.99. The SMILES string of the molecule is CC(C)(C)C#CCCCC1=C=C(CCCC#CC(C)(C)C)C=C1. The van der Waals surface area contributed by atoms with E-state index in [0.29, 0.717) is 0 Å². The van der Waals surface area contributed by atoms with Crippen LogP contribution in [0.25, 0.3) is 0 Å². The zero-order valence-corrected chi connectivity index (χ0v) is 15.9. The molecule has 0 aromatic carbocycles. The van der Waals surface area contributed by atoms with Crippen LogP contribution in [0.15, 0.2) is 29.0 Å². The highest BCUT2D eigenvalue weighted by atomic mass is 14.1. The minimum absolute atomic E-state index is 0.121. The van der Waals surface area contributed by atoms with Gasteiger partial charge in [-0.15, -0.1) is 17.6 Å². The fourth-order valence-electron chi connectivity index (χ4n) is 2.17. The number of unbranched alkanes of at least 4 members (excludes halogenated alkanes) is 2. The first kappa shape index (κ1) is 19.4. The Balaban J connectivity index is 2.31. The molecule has 23 heavy (non-hydrogen) atoms. The van der Waals surface area contributed by atoms with E-state index in [2.05, 4.69) is 83.1 Å². The van der Waals surface area contributed by atoms with Gasteiger partial charge in [-0.3, -0.25) is 0 Å². The standard InChI is InChI=1S/C23H32/c1-22(2,3)17-11-7-9-13-20-15-16-21(19-20)14-10-8-12-18-23(4,5)6/h15-16H,7-10,13-14H2,1-6H3. The van der Waals surface area contributed by atoms with Gasteiger partial charge in [0.2, 0.25) is 0 Å². The maximum absolute atomic E-state index is 3.53. The average molecular weight is 309 g/mol. The van der Waals surface area contributed by atoms with Crippen molar-refractivity contribution in [1.29, 1.82) is 0 Å². The summed E-state index contributed by atoms with van der Waals surface area (Å²) in [7, 11) is 0. The molecule has 0 aromatic heterocycles. The van der Waals surface area contributed by atoms with E-state index in [1.807, 2.05) is 0 Å². The fourth-order valence-corrected chi connectivity index (χ4v) is 2.17.